The fourth-order valence-electron chi connectivity index (χ4n) is 3.95. The van der Waals surface area contributed by atoms with Crippen LogP contribution in [-0.4, -0.2) is 43.8 Å². The monoisotopic (exact) mass is 589 g/mol. The summed E-state index contributed by atoms with van der Waals surface area (Å²) in [5.74, 6) is -0.893. The molecule has 7 nitrogen and oxygen atoms in total. The van der Waals surface area contributed by atoms with Gasteiger partial charge in [-0.2, -0.15) is 0 Å². The Morgan fingerprint density at radius 1 is 0.923 bits per heavy atom. The van der Waals surface area contributed by atoms with E-state index in [4.69, 9.17) is 23.2 Å². The number of nitrogens with zero attached hydrogens (tertiary/aromatic N) is 2. The van der Waals surface area contributed by atoms with Crippen LogP contribution in [0.4, 0.5) is 5.69 Å². The van der Waals surface area contributed by atoms with Crippen LogP contribution in [0.5, 0.6) is 0 Å². The number of anilines is 1. The van der Waals surface area contributed by atoms with Gasteiger partial charge in [-0.15, -0.1) is 0 Å². The van der Waals surface area contributed by atoms with Crippen molar-refractivity contribution in [2.45, 2.75) is 57.6 Å². The number of para-hydroxylation sites is 1. The van der Waals surface area contributed by atoms with Gasteiger partial charge in [0, 0.05) is 22.6 Å². The standard InChI is InChI=1S/C29H33Cl2N3O4S/c1-5-21(3)32-29(36)22(4)33(18-23-11-7-8-12-26(23)31)28(35)19-34(27-13-9-6-10-20(27)2)39(37,38)25-16-14-24(30)15-17-25/h6-17,21-22H,5,18-19H2,1-4H3,(H,32,36)/t21-,22-/m1/s1. The molecule has 3 aromatic carbocycles. The van der Waals surface area contributed by atoms with Gasteiger partial charge >= 0.3 is 0 Å². The van der Waals surface area contributed by atoms with Gasteiger partial charge in [0.25, 0.3) is 10.0 Å². The lowest BCUT2D eigenvalue weighted by Crippen LogP contribution is -2.52. The summed E-state index contributed by atoms with van der Waals surface area (Å²) in [4.78, 5) is 28.4. The van der Waals surface area contributed by atoms with E-state index in [2.05, 4.69) is 5.32 Å². The Morgan fingerprint density at radius 2 is 1.54 bits per heavy atom. The molecule has 208 valence electrons. The molecule has 0 aliphatic rings. The molecule has 3 rings (SSSR count). The highest BCUT2D eigenvalue weighted by molar-refractivity contribution is 7.92. The summed E-state index contributed by atoms with van der Waals surface area (Å²) >= 11 is 12.4. The number of carbonyl (C=O) groups is 2. The molecule has 39 heavy (non-hydrogen) atoms. The third-order valence-electron chi connectivity index (χ3n) is 6.53. The van der Waals surface area contributed by atoms with Crippen molar-refractivity contribution >= 4 is 50.7 Å². The molecule has 0 aromatic heterocycles. The zero-order valence-electron chi connectivity index (χ0n) is 22.4. The molecular weight excluding hydrogens is 557 g/mol. The van der Waals surface area contributed by atoms with Crippen LogP contribution in [0.2, 0.25) is 10.0 Å². The molecule has 10 heteroatoms. The molecule has 1 N–H and O–H groups in total. The number of benzene rings is 3. The molecule has 0 bridgehead atoms. The van der Waals surface area contributed by atoms with Gasteiger partial charge in [0.05, 0.1) is 10.6 Å². The fourth-order valence-corrected chi connectivity index (χ4v) is 5.75. The van der Waals surface area contributed by atoms with Gasteiger partial charge in [-0.05, 0) is 74.7 Å². The topological polar surface area (TPSA) is 86.8 Å². The van der Waals surface area contributed by atoms with Crippen molar-refractivity contribution in [3.8, 4) is 0 Å². The fraction of sp³-hybridized carbons (Fsp3) is 0.310. The molecule has 0 aliphatic heterocycles. The van der Waals surface area contributed by atoms with Crippen LogP contribution < -0.4 is 9.62 Å². The Labute approximate surface area is 240 Å². The third kappa shape index (κ3) is 7.53. The SMILES string of the molecule is CC[C@@H](C)NC(=O)[C@@H](C)N(Cc1ccccc1Cl)C(=O)CN(c1ccccc1C)S(=O)(=O)c1ccc(Cl)cc1. The number of amides is 2. The minimum absolute atomic E-state index is 0.0110. The second kappa shape index (κ2) is 13.3. The number of hydrogen-bond acceptors (Lipinski definition) is 4. The summed E-state index contributed by atoms with van der Waals surface area (Å²) in [5.41, 5.74) is 1.66. The van der Waals surface area contributed by atoms with Crippen molar-refractivity contribution in [2.24, 2.45) is 0 Å². The zero-order chi connectivity index (χ0) is 28.7. The number of halogens is 2. The molecule has 0 unspecified atom stereocenters. The summed E-state index contributed by atoms with van der Waals surface area (Å²) in [7, 11) is -4.17. The molecule has 0 fully saturated rings. The van der Waals surface area contributed by atoms with Gasteiger partial charge in [0.15, 0.2) is 0 Å². The maximum absolute atomic E-state index is 14.0. The Hall–Kier alpha value is -3.07. The lowest BCUT2D eigenvalue weighted by atomic mass is 10.1. The minimum Gasteiger partial charge on any atom is -0.352 e. The van der Waals surface area contributed by atoms with Crippen LogP contribution in [0.1, 0.15) is 38.3 Å². The maximum atomic E-state index is 14.0. The van der Waals surface area contributed by atoms with E-state index < -0.39 is 28.5 Å². The molecule has 0 radical (unpaired) electrons. The van der Waals surface area contributed by atoms with Crippen LogP contribution in [0.25, 0.3) is 0 Å². The Balaban J connectivity index is 2.05. The molecule has 0 saturated heterocycles. The molecule has 3 aromatic rings. The highest BCUT2D eigenvalue weighted by Crippen LogP contribution is 2.28. The third-order valence-corrected chi connectivity index (χ3v) is 8.93. The second-order valence-electron chi connectivity index (χ2n) is 9.36. The second-order valence-corrected chi connectivity index (χ2v) is 12.1. The average Bonchev–Trinajstić information content (AvgIpc) is 2.91. The van der Waals surface area contributed by atoms with E-state index in [1.165, 1.54) is 29.2 Å². The predicted molar refractivity (Wildman–Crippen MR) is 157 cm³/mol. The van der Waals surface area contributed by atoms with Gasteiger partial charge in [0.2, 0.25) is 11.8 Å². The Kier molecular flexibility index (Phi) is 10.4. The first-order chi connectivity index (χ1) is 18.4. The normalized spacial score (nSPS) is 12.9. The van der Waals surface area contributed by atoms with Crippen LogP contribution >= 0.6 is 23.2 Å². The van der Waals surface area contributed by atoms with E-state index in [-0.39, 0.29) is 23.4 Å². The smallest absolute Gasteiger partial charge is 0.264 e. The molecular formula is C29H33Cl2N3O4S. The first-order valence-electron chi connectivity index (χ1n) is 12.6. The van der Waals surface area contributed by atoms with E-state index in [1.54, 1.807) is 62.4 Å². The summed E-state index contributed by atoms with van der Waals surface area (Å²) in [5, 5.41) is 3.74. The van der Waals surface area contributed by atoms with Crippen molar-refractivity contribution in [3.05, 3.63) is 94.0 Å². The number of hydrogen-bond donors (Lipinski definition) is 1. The van der Waals surface area contributed by atoms with Crippen LogP contribution in [-0.2, 0) is 26.2 Å². The quantitative estimate of drug-likeness (QED) is 0.305. The number of aryl methyl sites for hydroxylation is 1. The van der Waals surface area contributed by atoms with Crippen LogP contribution in [0.3, 0.4) is 0 Å². The number of nitrogens with one attached hydrogen (secondary N) is 1. The van der Waals surface area contributed by atoms with E-state index in [9.17, 15) is 18.0 Å². The highest BCUT2D eigenvalue weighted by Gasteiger charge is 2.33. The van der Waals surface area contributed by atoms with Crippen molar-refractivity contribution in [1.29, 1.82) is 0 Å². The van der Waals surface area contributed by atoms with Gasteiger partial charge < -0.3 is 10.2 Å². The lowest BCUT2D eigenvalue weighted by molar-refractivity contribution is -0.139. The summed E-state index contributed by atoms with van der Waals surface area (Å²) in [6.07, 6.45) is 0.720. The first-order valence-corrected chi connectivity index (χ1v) is 14.8. The molecule has 0 aliphatic carbocycles. The average molecular weight is 591 g/mol. The van der Waals surface area contributed by atoms with Crippen molar-refractivity contribution < 1.29 is 18.0 Å². The Morgan fingerprint density at radius 3 is 2.15 bits per heavy atom. The predicted octanol–water partition coefficient (Wildman–Crippen LogP) is 5.83. The molecule has 2 atom stereocenters. The first kappa shape index (κ1) is 30.5. The highest BCUT2D eigenvalue weighted by atomic mass is 35.5. The largest absolute Gasteiger partial charge is 0.352 e. The van der Waals surface area contributed by atoms with Crippen LogP contribution in [0.15, 0.2) is 77.7 Å². The van der Waals surface area contributed by atoms with Gasteiger partial charge in [0.1, 0.15) is 12.6 Å². The molecule has 0 saturated carbocycles. The number of carbonyl (C=O) groups excluding carboxylic acids is 2. The van der Waals surface area contributed by atoms with Crippen molar-refractivity contribution in [2.75, 3.05) is 10.8 Å². The molecule has 0 spiro atoms. The zero-order valence-corrected chi connectivity index (χ0v) is 24.7. The van der Waals surface area contributed by atoms with Crippen molar-refractivity contribution in [3.63, 3.8) is 0 Å². The van der Waals surface area contributed by atoms with E-state index in [0.29, 0.717) is 26.9 Å². The maximum Gasteiger partial charge on any atom is 0.264 e. The van der Waals surface area contributed by atoms with Crippen molar-refractivity contribution in [1.82, 2.24) is 10.2 Å². The van der Waals surface area contributed by atoms with E-state index in [1.807, 2.05) is 13.8 Å². The summed E-state index contributed by atoms with van der Waals surface area (Å²) in [6.45, 7) is 6.72. The molecule has 2 amide bonds. The van der Waals surface area contributed by atoms with Gasteiger partial charge in [-0.1, -0.05) is 66.5 Å². The van der Waals surface area contributed by atoms with E-state index in [0.717, 1.165) is 10.7 Å². The van der Waals surface area contributed by atoms with E-state index >= 15 is 0 Å². The Bertz CT molecular complexity index is 1410. The minimum atomic E-state index is -4.17. The molecule has 0 heterocycles. The number of rotatable bonds is 11. The van der Waals surface area contributed by atoms with Gasteiger partial charge in [-0.25, -0.2) is 8.42 Å². The lowest BCUT2D eigenvalue weighted by Gasteiger charge is -2.33. The van der Waals surface area contributed by atoms with Gasteiger partial charge in [-0.3, -0.25) is 13.9 Å². The van der Waals surface area contributed by atoms with Crippen LogP contribution in [0, 0.1) is 6.92 Å². The number of sulfonamides is 1. The summed E-state index contributed by atoms with van der Waals surface area (Å²) < 4.78 is 28.8. The summed E-state index contributed by atoms with van der Waals surface area (Å²) in [6, 6.07) is 18.7.